The number of anilines is 1. The topological polar surface area (TPSA) is 48.7 Å². The molecule has 2 rings (SSSR count). The van der Waals surface area contributed by atoms with Crippen LogP contribution in [0.25, 0.3) is 0 Å². The number of hydrogen-bond donors (Lipinski definition) is 1. The first-order chi connectivity index (χ1) is 8.69. The number of rotatable bonds is 3. The molecular weight excluding hydrogens is 269 g/mol. The van der Waals surface area contributed by atoms with Crippen LogP contribution in [0.1, 0.15) is 11.1 Å². The van der Waals surface area contributed by atoms with Gasteiger partial charge in [0.25, 0.3) is 0 Å². The van der Waals surface area contributed by atoms with Gasteiger partial charge >= 0.3 is 0 Å². The monoisotopic (exact) mass is 277 g/mol. The average Bonchev–Trinajstić information content (AvgIpc) is 2.39. The number of hydrogen-bond acceptors (Lipinski definition) is 3. The number of aromatic nitrogens is 1. The van der Waals surface area contributed by atoms with Crippen LogP contribution in [0, 0.1) is 11.3 Å². The molecule has 1 aromatic heterocycles. The molecule has 5 heteroatoms. The summed E-state index contributed by atoms with van der Waals surface area (Å²) in [7, 11) is 0. The van der Waals surface area contributed by atoms with E-state index < -0.39 is 0 Å². The molecule has 0 aliphatic carbocycles. The van der Waals surface area contributed by atoms with Crippen LogP contribution in [-0.4, -0.2) is 4.98 Å². The molecule has 2 aromatic rings. The van der Waals surface area contributed by atoms with Crippen LogP contribution in [0.3, 0.4) is 0 Å². The minimum atomic E-state index is 0.461. The summed E-state index contributed by atoms with van der Waals surface area (Å²) < 4.78 is 0. The van der Waals surface area contributed by atoms with Crippen molar-refractivity contribution in [3.63, 3.8) is 0 Å². The van der Waals surface area contributed by atoms with E-state index in [1.165, 1.54) is 0 Å². The van der Waals surface area contributed by atoms with Gasteiger partial charge in [0, 0.05) is 17.8 Å². The van der Waals surface area contributed by atoms with E-state index in [4.69, 9.17) is 28.5 Å². The predicted molar refractivity (Wildman–Crippen MR) is 72.7 cm³/mol. The minimum absolute atomic E-state index is 0.461. The lowest BCUT2D eigenvalue weighted by Gasteiger charge is -2.08. The van der Waals surface area contributed by atoms with E-state index in [1.807, 2.05) is 6.07 Å². The summed E-state index contributed by atoms with van der Waals surface area (Å²) >= 11 is 11.5. The highest BCUT2D eigenvalue weighted by molar-refractivity contribution is 6.30. The van der Waals surface area contributed by atoms with Crippen LogP contribution < -0.4 is 5.32 Å². The van der Waals surface area contributed by atoms with Crippen molar-refractivity contribution in [2.24, 2.45) is 0 Å². The Morgan fingerprint density at radius 1 is 1.22 bits per heavy atom. The predicted octanol–water partition coefficient (Wildman–Crippen LogP) is 3.87. The van der Waals surface area contributed by atoms with Crippen molar-refractivity contribution in [2.45, 2.75) is 6.54 Å². The third kappa shape index (κ3) is 3.13. The highest BCUT2D eigenvalue weighted by atomic mass is 35.5. The Bertz CT molecular complexity index is 588. The van der Waals surface area contributed by atoms with Gasteiger partial charge in [-0.2, -0.15) is 5.26 Å². The molecule has 1 aromatic carbocycles. The second-order valence-electron chi connectivity index (χ2n) is 3.64. The van der Waals surface area contributed by atoms with Crippen LogP contribution >= 0.6 is 23.2 Å². The Labute approximate surface area is 115 Å². The van der Waals surface area contributed by atoms with E-state index in [9.17, 15) is 0 Å². The average molecular weight is 278 g/mol. The van der Waals surface area contributed by atoms with Gasteiger partial charge in [0.15, 0.2) is 0 Å². The fourth-order valence-corrected chi connectivity index (χ4v) is 1.76. The van der Waals surface area contributed by atoms with Crippen molar-refractivity contribution >= 4 is 28.9 Å². The molecule has 0 fully saturated rings. The summed E-state index contributed by atoms with van der Waals surface area (Å²) in [6.07, 6.45) is 1.69. The largest absolute Gasteiger partial charge is 0.380 e. The molecule has 0 spiro atoms. The van der Waals surface area contributed by atoms with Gasteiger partial charge in [0.1, 0.15) is 11.2 Å². The van der Waals surface area contributed by atoms with Crippen molar-refractivity contribution in [1.82, 2.24) is 4.98 Å². The lowest BCUT2D eigenvalue weighted by atomic mass is 10.2. The molecule has 0 bridgehead atoms. The summed E-state index contributed by atoms with van der Waals surface area (Å²) in [6, 6.07) is 10.9. The lowest BCUT2D eigenvalue weighted by Crippen LogP contribution is -2.01. The SMILES string of the molecule is N#Cc1cc(Cl)ccc1NCc1ccc(Cl)nc1. The van der Waals surface area contributed by atoms with Crippen LogP contribution in [-0.2, 0) is 6.54 Å². The van der Waals surface area contributed by atoms with Gasteiger partial charge in [-0.1, -0.05) is 29.3 Å². The van der Waals surface area contributed by atoms with E-state index in [-0.39, 0.29) is 0 Å². The second-order valence-corrected chi connectivity index (χ2v) is 4.47. The Hall–Kier alpha value is -1.76. The van der Waals surface area contributed by atoms with Gasteiger partial charge in [-0.25, -0.2) is 4.98 Å². The summed E-state index contributed by atoms with van der Waals surface area (Å²) in [5.41, 5.74) is 2.25. The number of benzene rings is 1. The van der Waals surface area contributed by atoms with E-state index in [1.54, 1.807) is 30.5 Å². The summed E-state index contributed by atoms with van der Waals surface area (Å²) in [5, 5.41) is 13.2. The Kier molecular flexibility index (Phi) is 4.03. The molecule has 0 saturated carbocycles. The highest BCUT2D eigenvalue weighted by Gasteiger charge is 2.02. The Balaban J connectivity index is 2.11. The molecule has 0 unspecified atom stereocenters. The van der Waals surface area contributed by atoms with E-state index in [2.05, 4.69) is 16.4 Å². The summed E-state index contributed by atoms with van der Waals surface area (Å²) in [6.45, 7) is 0.570. The number of pyridine rings is 1. The second kappa shape index (κ2) is 5.72. The molecular formula is C13H9Cl2N3. The van der Waals surface area contributed by atoms with E-state index in [0.717, 1.165) is 11.3 Å². The van der Waals surface area contributed by atoms with Crippen molar-refractivity contribution in [3.05, 3.63) is 57.8 Å². The first kappa shape index (κ1) is 12.7. The van der Waals surface area contributed by atoms with Crippen molar-refractivity contribution in [3.8, 4) is 6.07 Å². The van der Waals surface area contributed by atoms with Crippen LogP contribution in [0.2, 0.25) is 10.2 Å². The maximum atomic E-state index is 9.00. The zero-order valence-electron chi connectivity index (χ0n) is 9.32. The number of nitrogens with zero attached hydrogens (tertiary/aromatic N) is 2. The molecule has 0 aliphatic heterocycles. The first-order valence-electron chi connectivity index (χ1n) is 5.23. The zero-order chi connectivity index (χ0) is 13.0. The van der Waals surface area contributed by atoms with Crippen molar-refractivity contribution in [1.29, 1.82) is 5.26 Å². The van der Waals surface area contributed by atoms with Gasteiger partial charge in [0.2, 0.25) is 0 Å². The van der Waals surface area contributed by atoms with Gasteiger partial charge in [-0.15, -0.1) is 0 Å². The Morgan fingerprint density at radius 2 is 2.06 bits per heavy atom. The van der Waals surface area contributed by atoms with E-state index >= 15 is 0 Å². The maximum Gasteiger partial charge on any atom is 0.129 e. The molecule has 90 valence electrons. The van der Waals surface area contributed by atoms with Crippen LogP contribution in [0.5, 0.6) is 0 Å². The molecule has 18 heavy (non-hydrogen) atoms. The lowest BCUT2D eigenvalue weighted by molar-refractivity contribution is 1.11. The molecule has 1 heterocycles. The molecule has 0 aliphatic rings. The van der Waals surface area contributed by atoms with Crippen molar-refractivity contribution in [2.75, 3.05) is 5.32 Å². The standard InChI is InChI=1S/C13H9Cl2N3/c14-11-2-3-12(10(5-11)6-16)17-7-9-1-4-13(15)18-8-9/h1-5,8,17H,7H2. The number of halogens is 2. The van der Waals surface area contributed by atoms with E-state index in [0.29, 0.717) is 22.3 Å². The molecule has 0 amide bonds. The van der Waals surface area contributed by atoms with Crippen LogP contribution in [0.4, 0.5) is 5.69 Å². The third-order valence-corrected chi connectivity index (χ3v) is 2.83. The van der Waals surface area contributed by atoms with Crippen LogP contribution in [0.15, 0.2) is 36.5 Å². The highest BCUT2D eigenvalue weighted by Crippen LogP contribution is 2.20. The molecule has 1 N–H and O–H groups in total. The molecule has 0 atom stereocenters. The summed E-state index contributed by atoms with van der Waals surface area (Å²) in [5.74, 6) is 0. The maximum absolute atomic E-state index is 9.00. The third-order valence-electron chi connectivity index (χ3n) is 2.37. The van der Waals surface area contributed by atoms with Gasteiger partial charge in [-0.05, 0) is 29.8 Å². The number of nitriles is 1. The minimum Gasteiger partial charge on any atom is -0.380 e. The fourth-order valence-electron chi connectivity index (χ4n) is 1.47. The smallest absolute Gasteiger partial charge is 0.129 e. The molecule has 0 saturated heterocycles. The van der Waals surface area contributed by atoms with Gasteiger partial charge < -0.3 is 5.32 Å². The van der Waals surface area contributed by atoms with Crippen molar-refractivity contribution < 1.29 is 0 Å². The zero-order valence-corrected chi connectivity index (χ0v) is 10.8. The normalized spacial score (nSPS) is 9.83. The first-order valence-corrected chi connectivity index (χ1v) is 5.98. The summed E-state index contributed by atoms with van der Waals surface area (Å²) in [4.78, 5) is 3.99. The quantitative estimate of drug-likeness (QED) is 0.867. The van der Waals surface area contributed by atoms with Gasteiger partial charge in [-0.3, -0.25) is 0 Å². The molecule has 3 nitrogen and oxygen atoms in total. The molecule has 0 radical (unpaired) electrons. The number of nitrogens with one attached hydrogen (secondary N) is 1. The Morgan fingerprint density at radius 3 is 2.72 bits per heavy atom. The van der Waals surface area contributed by atoms with Gasteiger partial charge in [0.05, 0.1) is 11.3 Å². The fraction of sp³-hybridized carbons (Fsp3) is 0.0769.